The van der Waals surface area contributed by atoms with Gasteiger partial charge in [-0.15, -0.1) is 0 Å². The van der Waals surface area contributed by atoms with Crippen molar-refractivity contribution in [3.8, 4) is 5.75 Å². The van der Waals surface area contributed by atoms with Gasteiger partial charge in [-0.2, -0.15) is 0 Å². The van der Waals surface area contributed by atoms with Gasteiger partial charge in [0.1, 0.15) is 36.3 Å². The molecular weight excluding hydrogens is 853 g/mol. The molecule has 15 nitrogen and oxygen atoms in total. The van der Waals surface area contributed by atoms with Gasteiger partial charge in [-0.3, -0.25) is 4.79 Å². The summed E-state index contributed by atoms with van der Waals surface area (Å²) in [5.41, 5.74) is 3.19. The number of hydrogen-bond donors (Lipinski definition) is 2. The maximum Gasteiger partial charge on any atom is 0.308 e. The summed E-state index contributed by atoms with van der Waals surface area (Å²) in [7, 11) is 3.06. The van der Waals surface area contributed by atoms with Crippen molar-refractivity contribution in [2.24, 2.45) is 11.8 Å². The molecule has 0 spiro atoms. The molecule has 2 N–H and O–H groups in total. The number of benzene rings is 1. The number of hydrogen-bond acceptors (Lipinski definition) is 15. The number of carbonyl (C=O) groups is 1. The number of esters is 1. The minimum absolute atomic E-state index is 0.00525. The molecule has 15 heteroatoms. The van der Waals surface area contributed by atoms with E-state index in [1.54, 1.807) is 7.11 Å². The fourth-order valence-corrected chi connectivity index (χ4v) is 12.8. The molecule has 10 heterocycles. The van der Waals surface area contributed by atoms with Gasteiger partial charge in [0.15, 0.2) is 5.79 Å². The summed E-state index contributed by atoms with van der Waals surface area (Å²) in [5.74, 6) is -0.110. The van der Waals surface area contributed by atoms with Gasteiger partial charge in [0.05, 0.1) is 107 Å². The maximum absolute atomic E-state index is 12.1. The van der Waals surface area contributed by atoms with Crippen molar-refractivity contribution in [2.75, 3.05) is 20.8 Å². The molecule has 0 amide bonds. The molecule has 10 aliphatic rings. The van der Waals surface area contributed by atoms with Crippen LogP contribution in [-0.4, -0.2) is 153 Å². The van der Waals surface area contributed by atoms with Crippen LogP contribution >= 0.6 is 0 Å². The van der Waals surface area contributed by atoms with E-state index in [0.717, 1.165) is 67.4 Å². The summed E-state index contributed by atoms with van der Waals surface area (Å²) in [4.78, 5) is 12.1. The average Bonchev–Trinajstić information content (AvgIpc) is 3.90. The van der Waals surface area contributed by atoms with E-state index in [9.17, 15) is 15.0 Å². The van der Waals surface area contributed by atoms with Crippen molar-refractivity contribution in [2.45, 2.75) is 220 Å². The Hall–Kier alpha value is -2.51. The third kappa shape index (κ3) is 9.43. The fraction of sp³-hybridized carbons (Fsp3) is 0.784. The molecule has 0 radical (unpaired) electrons. The zero-order valence-corrected chi connectivity index (χ0v) is 39.1. The smallest absolute Gasteiger partial charge is 0.308 e. The molecule has 10 aliphatic heterocycles. The Morgan fingerprint density at radius 2 is 1.53 bits per heavy atom. The minimum atomic E-state index is -0.820. The van der Waals surface area contributed by atoms with E-state index in [1.165, 1.54) is 7.11 Å². The normalized spacial score (nSPS) is 45.9. The molecule has 1 aromatic rings. The van der Waals surface area contributed by atoms with Crippen LogP contribution in [0.5, 0.6) is 5.75 Å². The minimum Gasteiger partial charge on any atom is -0.497 e. The predicted molar refractivity (Wildman–Crippen MR) is 236 cm³/mol. The summed E-state index contributed by atoms with van der Waals surface area (Å²) in [6.45, 7) is 13.7. The van der Waals surface area contributed by atoms with Gasteiger partial charge < -0.3 is 67.1 Å². The average molecular weight is 925 g/mol. The third-order valence-corrected chi connectivity index (χ3v) is 16.4. The first-order chi connectivity index (χ1) is 31.9. The van der Waals surface area contributed by atoms with Gasteiger partial charge in [-0.05, 0) is 86.1 Å². The Morgan fingerprint density at radius 3 is 2.32 bits per heavy atom. The highest BCUT2D eigenvalue weighted by atomic mass is 16.8. The van der Waals surface area contributed by atoms with Gasteiger partial charge in [0.25, 0.3) is 0 Å². The fourth-order valence-electron chi connectivity index (χ4n) is 12.8. The van der Waals surface area contributed by atoms with Gasteiger partial charge in [0, 0.05) is 38.2 Å². The first-order valence-electron chi connectivity index (χ1n) is 24.8. The second kappa shape index (κ2) is 19.7. The van der Waals surface area contributed by atoms with E-state index in [1.807, 2.05) is 24.3 Å². The van der Waals surface area contributed by atoms with E-state index in [0.29, 0.717) is 38.7 Å². The largest absolute Gasteiger partial charge is 0.497 e. The first-order valence-corrected chi connectivity index (χ1v) is 24.8. The lowest BCUT2D eigenvalue weighted by atomic mass is 9.79. The van der Waals surface area contributed by atoms with Crippen LogP contribution in [0, 0.1) is 11.8 Å². The quantitative estimate of drug-likeness (QED) is 0.159. The molecule has 0 aliphatic carbocycles. The van der Waals surface area contributed by atoms with E-state index in [4.69, 9.17) is 56.8 Å². The highest BCUT2D eigenvalue weighted by Gasteiger charge is 2.69. The molecule has 10 fully saturated rings. The van der Waals surface area contributed by atoms with Crippen LogP contribution in [0.2, 0.25) is 0 Å². The Balaban J connectivity index is 0.749. The van der Waals surface area contributed by atoms with Crippen LogP contribution in [-0.2, 0) is 63.5 Å². The standard InChI is InChI=1S/C51H72O15/c1-26-19-32(59-39(28(26)3)23-41-44(57-25-30-7-9-31(55-5)10-8-30)29(4)45-40(61-41)22-35(53)37(62-45)16-18-52)11-13-36-27(2)20-34(58-36)15-17-51-24-42-47(65-51)48-49(64-42)50(66-51)46-38(63-48)14-12-33(60-46)21-43(54)56-6/h7-10,26,29,32-42,44-50,52-53H,2-3,11-25H2,1,4-6H3/t26-,29-,32+,33-,34+,35-,36+,37-,38+,39-,40+,41+,42-,44-,45+,46+,47+,48+,49+,50+,51+/m1/s1. The van der Waals surface area contributed by atoms with Crippen LogP contribution in [0.4, 0.5) is 0 Å². The molecule has 10 saturated heterocycles. The molecule has 6 bridgehead atoms. The zero-order chi connectivity index (χ0) is 45.9. The van der Waals surface area contributed by atoms with Gasteiger partial charge in [-0.1, -0.05) is 39.1 Å². The van der Waals surface area contributed by atoms with Crippen molar-refractivity contribution in [3.63, 3.8) is 0 Å². The molecule has 0 unspecified atom stereocenters. The Morgan fingerprint density at radius 1 is 0.758 bits per heavy atom. The lowest BCUT2D eigenvalue weighted by Crippen LogP contribution is -2.61. The molecule has 1 aromatic carbocycles. The monoisotopic (exact) mass is 924 g/mol. The molecule has 366 valence electrons. The Kier molecular flexibility index (Phi) is 14.1. The zero-order valence-electron chi connectivity index (χ0n) is 39.1. The molecular formula is C51H72O15. The van der Waals surface area contributed by atoms with Crippen molar-refractivity contribution in [1.29, 1.82) is 0 Å². The van der Waals surface area contributed by atoms with Crippen LogP contribution in [0.25, 0.3) is 0 Å². The summed E-state index contributed by atoms with van der Waals surface area (Å²) >= 11 is 0. The van der Waals surface area contributed by atoms with E-state index in [-0.39, 0.29) is 128 Å². The number of aliphatic hydroxyl groups excluding tert-OH is 2. The lowest BCUT2D eigenvalue weighted by molar-refractivity contribution is -0.293. The number of rotatable bonds is 16. The second-order valence-electron chi connectivity index (χ2n) is 20.7. The summed E-state index contributed by atoms with van der Waals surface area (Å²) in [6, 6.07) is 7.88. The second-order valence-corrected chi connectivity index (χ2v) is 20.7. The lowest BCUT2D eigenvalue weighted by Gasteiger charge is -2.51. The van der Waals surface area contributed by atoms with Crippen molar-refractivity contribution in [3.05, 3.63) is 54.1 Å². The predicted octanol–water partition coefficient (Wildman–Crippen LogP) is 5.43. The van der Waals surface area contributed by atoms with Crippen molar-refractivity contribution < 1.29 is 71.8 Å². The highest BCUT2D eigenvalue weighted by Crippen LogP contribution is 2.54. The van der Waals surface area contributed by atoms with Crippen LogP contribution in [0.3, 0.4) is 0 Å². The van der Waals surface area contributed by atoms with E-state index < -0.39 is 18.0 Å². The van der Waals surface area contributed by atoms with Crippen LogP contribution < -0.4 is 4.74 Å². The molecule has 11 rings (SSSR count). The Bertz CT molecular complexity index is 1880. The molecule has 0 aromatic heterocycles. The van der Waals surface area contributed by atoms with Gasteiger partial charge in [0.2, 0.25) is 0 Å². The highest BCUT2D eigenvalue weighted by molar-refractivity contribution is 5.69. The molecule has 21 atom stereocenters. The topological polar surface area (TPSA) is 168 Å². The third-order valence-electron chi connectivity index (χ3n) is 16.4. The van der Waals surface area contributed by atoms with Gasteiger partial charge in [-0.25, -0.2) is 0 Å². The number of methoxy groups -OCH3 is 2. The maximum atomic E-state index is 12.1. The first kappa shape index (κ1) is 47.2. The van der Waals surface area contributed by atoms with E-state index in [2.05, 4.69) is 27.0 Å². The van der Waals surface area contributed by atoms with Crippen LogP contribution in [0.1, 0.15) is 103 Å². The van der Waals surface area contributed by atoms with Crippen molar-refractivity contribution in [1.82, 2.24) is 0 Å². The number of ether oxygens (including phenoxy) is 12. The molecule has 0 saturated carbocycles. The summed E-state index contributed by atoms with van der Waals surface area (Å²) < 4.78 is 77.4. The Labute approximate surface area is 389 Å². The summed E-state index contributed by atoms with van der Waals surface area (Å²) in [5, 5.41) is 20.7. The number of fused-ring (bicyclic) bond motifs is 2. The molecule has 66 heavy (non-hydrogen) atoms. The van der Waals surface area contributed by atoms with Crippen molar-refractivity contribution >= 4 is 5.97 Å². The number of aliphatic hydroxyl groups is 2. The van der Waals surface area contributed by atoms with E-state index >= 15 is 0 Å². The van der Waals surface area contributed by atoms with Crippen LogP contribution in [0.15, 0.2) is 48.6 Å². The number of carbonyl (C=O) groups excluding carboxylic acids is 1. The summed E-state index contributed by atoms with van der Waals surface area (Å²) in [6.07, 6.45) is 3.86. The SMILES string of the molecule is C=C1C[C@H](CC[C@@]23C[C@H]4O[C@@H]5[C@@H](O2)[C@H]2O[C@@H](CC(=O)OC)CC[C@@H]2O[C@H]5[C@H]4O3)O[C@H]1CC[C@H]1C[C@@H](C)C(=C)[C@@H](C[C@@H]2O[C@H]3C[C@@H](O)[C@@H](CCO)O[C@H]3[C@H](C)[C@H]2OCc2ccc(OC)cc2)O1. The van der Waals surface area contributed by atoms with Gasteiger partial charge >= 0.3 is 5.97 Å².